The molecular formula is C13H22N4O. The number of aromatic nitrogens is 2. The van der Waals surface area contributed by atoms with Crippen molar-refractivity contribution in [2.75, 3.05) is 13.1 Å². The molecule has 1 aromatic rings. The topological polar surface area (TPSA) is 54.2 Å². The molecule has 18 heavy (non-hydrogen) atoms. The lowest BCUT2D eigenvalue weighted by atomic mass is 10.2. The van der Waals surface area contributed by atoms with Gasteiger partial charge < -0.3 is 9.84 Å². The Morgan fingerprint density at radius 2 is 2.22 bits per heavy atom. The van der Waals surface area contributed by atoms with E-state index in [1.165, 1.54) is 12.8 Å². The molecule has 2 aliphatic rings. The third-order valence-electron chi connectivity index (χ3n) is 4.07. The normalized spacial score (nSPS) is 29.5. The SMILES string of the molecule is CC(C)N1CCCC1c1noc(C2CCCN2)n1. The molecule has 2 unspecified atom stereocenters. The first kappa shape index (κ1) is 12.1. The fourth-order valence-corrected chi connectivity index (χ4v) is 3.10. The molecule has 0 amide bonds. The fourth-order valence-electron chi connectivity index (χ4n) is 3.10. The number of likely N-dealkylation sites (tertiary alicyclic amines) is 1. The van der Waals surface area contributed by atoms with Crippen LogP contribution >= 0.6 is 0 Å². The Balaban J connectivity index is 1.76. The van der Waals surface area contributed by atoms with Gasteiger partial charge in [-0.3, -0.25) is 4.90 Å². The van der Waals surface area contributed by atoms with Gasteiger partial charge in [-0.05, 0) is 52.6 Å². The summed E-state index contributed by atoms with van der Waals surface area (Å²) >= 11 is 0. The van der Waals surface area contributed by atoms with E-state index in [0.29, 0.717) is 12.1 Å². The van der Waals surface area contributed by atoms with Gasteiger partial charge in [-0.1, -0.05) is 5.16 Å². The van der Waals surface area contributed by atoms with Gasteiger partial charge in [0.25, 0.3) is 0 Å². The van der Waals surface area contributed by atoms with Crippen molar-refractivity contribution in [2.45, 2.75) is 57.7 Å². The van der Waals surface area contributed by atoms with Crippen LogP contribution in [0.2, 0.25) is 0 Å². The summed E-state index contributed by atoms with van der Waals surface area (Å²) in [5.74, 6) is 1.66. The third kappa shape index (κ3) is 2.17. The van der Waals surface area contributed by atoms with Crippen LogP contribution in [0.3, 0.4) is 0 Å². The van der Waals surface area contributed by atoms with Crippen molar-refractivity contribution in [3.05, 3.63) is 11.7 Å². The van der Waals surface area contributed by atoms with Crippen molar-refractivity contribution in [1.82, 2.24) is 20.4 Å². The van der Waals surface area contributed by atoms with E-state index >= 15 is 0 Å². The molecule has 1 aromatic heterocycles. The van der Waals surface area contributed by atoms with Gasteiger partial charge >= 0.3 is 0 Å². The Morgan fingerprint density at radius 3 is 2.94 bits per heavy atom. The maximum Gasteiger partial charge on any atom is 0.243 e. The van der Waals surface area contributed by atoms with Crippen molar-refractivity contribution in [3.8, 4) is 0 Å². The van der Waals surface area contributed by atoms with Crippen LogP contribution in [0.1, 0.15) is 63.3 Å². The maximum atomic E-state index is 5.44. The van der Waals surface area contributed by atoms with Crippen LogP contribution in [-0.4, -0.2) is 34.2 Å². The summed E-state index contributed by atoms with van der Waals surface area (Å²) in [6, 6.07) is 1.17. The molecule has 0 radical (unpaired) electrons. The lowest BCUT2D eigenvalue weighted by molar-refractivity contribution is 0.195. The lowest BCUT2D eigenvalue weighted by Gasteiger charge is -2.25. The molecule has 2 saturated heterocycles. The highest BCUT2D eigenvalue weighted by atomic mass is 16.5. The molecule has 2 aliphatic heterocycles. The zero-order chi connectivity index (χ0) is 12.5. The minimum absolute atomic E-state index is 0.278. The van der Waals surface area contributed by atoms with E-state index in [9.17, 15) is 0 Å². The Morgan fingerprint density at radius 1 is 1.33 bits per heavy atom. The molecular weight excluding hydrogens is 228 g/mol. The summed E-state index contributed by atoms with van der Waals surface area (Å²) in [5.41, 5.74) is 0. The summed E-state index contributed by atoms with van der Waals surface area (Å²) in [6.07, 6.45) is 4.69. The molecule has 0 aliphatic carbocycles. The number of hydrogen-bond donors (Lipinski definition) is 1. The fraction of sp³-hybridized carbons (Fsp3) is 0.846. The van der Waals surface area contributed by atoms with Crippen molar-refractivity contribution in [2.24, 2.45) is 0 Å². The van der Waals surface area contributed by atoms with Crippen molar-refractivity contribution in [3.63, 3.8) is 0 Å². The number of rotatable bonds is 3. The van der Waals surface area contributed by atoms with E-state index < -0.39 is 0 Å². The Hall–Kier alpha value is -0.940. The zero-order valence-corrected chi connectivity index (χ0v) is 11.2. The molecule has 2 atom stereocenters. The van der Waals surface area contributed by atoms with Gasteiger partial charge in [0.05, 0.1) is 12.1 Å². The largest absolute Gasteiger partial charge is 0.338 e. The van der Waals surface area contributed by atoms with Gasteiger partial charge in [0.2, 0.25) is 5.89 Å². The van der Waals surface area contributed by atoms with Crippen LogP contribution in [0, 0.1) is 0 Å². The standard InChI is InChI=1S/C13H22N4O/c1-9(2)17-8-4-6-11(17)12-15-13(18-16-12)10-5-3-7-14-10/h9-11,14H,3-8H2,1-2H3. The second kappa shape index (κ2) is 4.97. The Labute approximate surface area is 108 Å². The number of nitrogens with zero attached hydrogens (tertiary/aromatic N) is 3. The minimum atomic E-state index is 0.278. The molecule has 100 valence electrons. The number of nitrogens with one attached hydrogen (secondary N) is 1. The first-order chi connectivity index (χ1) is 8.75. The van der Waals surface area contributed by atoms with Gasteiger partial charge in [0.15, 0.2) is 5.82 Å². The van der Waals surface area contributed by atoms with Gasteiger partial charge in [-0.15, -0.1) is 0 Å². The van der Waals surface area contributed by atoms with E-state index in [1.807, 2.05) is 0 Å². The monoisotopic (exact) mass is 250 g/mol. The summed E-state index contributed by atoms with van der Waals surface area (Å²) in [6.45, 7) is 6.67. The molecule has 0 aromatic carbocycles. The second-order valence-electron chi connectivity index (χ2n) is 5.63. The molecule has 3 heterocycles. The molecule has 5 nitrogen and oxygen atoms in total. The molecule has 2 fully saturated rings. The third-order valence-corrected chi connectivity index (χ3v) is 4.07. The average molecular weight is 250 g/mol. The van der Waals surface area contributed by atoms with Gasteiger partial charge in [-0.25, -0.2) is 0 Å². The van der Waals surface area contributed by atoms with E-state index in [-0.39, 0.29) is 6.04 Å². The Bertz CT molecular complexity index is 397. The van der Waals surface area contributed by atoms with Crippen LogP contribution in [0.15, 0.2) is 4.52 Å². The van der Waals surface area contributed by atoms with Crippen LogP contribution < -0.4 is 5.32 Å². The molecule has 3 rings (SSSR count). The van der Waals surface area contributed by atoms with Crippen LogP contribution in [-0.2, 0) is 0 Å². The van der Waals surface area contributed by atoms with E-state index in [4.69, 9.17) is 4.52 Å². The molecule has 0 saturated carbocycles. The van der Waals surface area contributed by atoms with Crippen LogP contribution in [0.5, 0.6) is 0 Å². The van der Waals surface area contributed by atoms with Crippen LogP contribution in [0.25, 0.3) is 0 Å². The lowest BCUT2D eigenvalue weighted by Crippen LogP contribution is -2.30. The summed E-state index contributed by atoms with van der Waals surface area (Å²) in [5, 5.41) is 7.61. The average Bonchev–Trinajstić information content (AvgIpc) is 3.10. The van der Waals surface area contributed by atoms with E-state index in [2.05, 4.69) is 34.2 Å². The van der Waals surface area contributed by atoms with Crippen molar-refractivity contribution >= 4 is 0 Å². The smallest absolute Gasteiger partial charge is 0.243 e. The van der Waals surface area contributed by atoms with E-state index in [0.717, 1.165) is 37.6 Å². The summed E-state index contributed by atoms with van der Waals surface area (Å²) in [4.78, 5) is 7.09. The van der Waals surface area contributed by atoms with Gasteiger partial charge in [0, 0.05) is 6.04 Å². The predicted octanol–water partition coefficient (Wildman–Crippen LogP) is 2.04. The first-order valence-corrected chi connectivity index (χ1v) is 7.08. The molecule has 1 N–H and O–H groups in total. The predicted molar refractivity (Wildman–Crippen MR) is 68.1 cm³/mol. The molecule has 0 bridgehead atoms. The number of hydrogen-bond acceptors (Lipinski definition) is 5. The van der Waals surface area contributed by atoms with Gasteiger partial charge in [0.1, 0.15) is 0 Å². The highest BCUT2D eigenvalue weighted by Crippen LogP contribution is 2.32. The molecule has 5 heteroatoms. The van der Waals surface area contributed by atoms with Crippen molar-refractivity contribution < 1.29 is 4.52 Å². The van der Waals surface area contributed by atoms with Crippen molar-refractivity contribution in [1.29, 1.82) is 0 Å². The second-order valence-corrected chi connectivity index (χ2v) is 5.63. The quantitative estimate of drug-likeness (QED) is 0.889. The van der Waals surface area contributed by atoms with Crippen LogP contribution in [0.4, 0.5) is 0 Å². The van der Waals surface area contributed by atoms with Gasteiger partial charge in [-0.2, -0.15) is 4.98 Å². The summed E-state index contributed by atoms with van der Waals surface area (Å²) in [7, 11) is 0. The zero-order valence-electron chi connectivity index (χ0n) is 11.2. The maximum absolute atomic E-state index is 5.44. The molecule has 0 spiro atoms. The minimum Gasteiger partial charge on any atom is -0.338 e. The highest BCUT2D eigenvalue weighted by Gasteiger charge is 2.32. The van der Waals surface area contributed by atoms with E-state index in [1.54, 1.807) is 0 Å². The highest BCUT2D eigenvalue weighted by molar-refractivity contribution is 5.02. The summed E-state index contributed by atoms with van der Waals surface area (Å²) < 4.78 is 5.44. The first-order valence-electron chi connectivity index (χ1n) is 7.08. The Kier molecular flexibility index (Phi) is 3.35.